The van der Waals surface area contributed by atoms with E-state index >= 15 is 0 Å². The Morgan fingerprint density at radius 2 is 1.93 bits per heavy atom. The topological polar surface area (TPSA) is 74.5 Å². The molecule has 0 atom stereocenters. The van der Waals surface area contributed by atoms with Gasteiger partial charge in [-0.05, 0) is 63.5 Å². The van der Waals surface area contributed by atoms with Gasteiger partial charge in [0.05, 0.1) is 28.7 Å². The smallest absolute Gasteiger partial charge is 0.244 e. The predicted molar refractivity (Wildman–Crippen MR) is 115 cm³/mol. The van der Waals surface area contributed by atoms with Crippen LogP contribution in [0.1, 0.15) is 22.3 Å². The van der Waals surface area contributed by atoms with E-state index in [9.17, 15) is 9.18 Å². The number of amides is 1. The van der Waals surface area contributed by atoms with Crippen LogP contribution in [0.3, 0.4) is 0 Å². The molecule has 3 rings (SSSR count). The van der Waals surface area contributed by atoms with E-state index in [0.29, 0.717) is 16.9 Å². The first-order chi connectivity index (χ1) is 14.5. The van der Waals surface area contributed by atoms with Gasteiger partial charge in [-0.2, -0.15) is 10.4 Å². The third-order valence-corrected chi connectivity index (χ3v) is 4.78. The molecule has 0 aliphatic heterocycles. The fourth-order valence-corrected chi connectivity index (χ4v) is 3.14. The summed E-state index contributed by atoms with van der Waals surface area (Å²) in [5.74, 6) is -0.0160. The molecule has 5 nitrogen and oxygen atoms in total. The van der Waals surface area contributed by atoms with Gasteiger partial charge in [-0.3, -0.25) is 4.79 Å². The lowest BCUT2D eigenvalue weighted by molar-refractivity contribution is -0.120. The summed E-state index contributed by atoms with van der Waals surface area (Å²) < 4.78 is 19.4. The number of rotatable bonds is 7. The number of nitrogens with zero attached hydrogens (tertiary/aromatic N) is 2. The Morgan fingerprint density at radius 1 is 1.17 bits per heavy atom. The minimum absolute atomic E-state index is 0.109. The highest BCUT2D eigenvalue weighted by atomic mass is 79.9. The molecule has 7 heteroatoms. The quantitative estimate of drug-likeness (QED) is 0.404. The van der Waals surface area contributed by atoms with Crippen LogP contribution in [0.2, 0.25) is 0 Å². The van der Waals surface area contributed by atoms with Gasteiger partial charge in [-0.25, -0.2) is 9.82 Å². The zero-order valence-electron chi connectivity index (χ0n) is 15.8. The van der Waals surface area contributed by atoms with Crippen molar-refractivity contribution in [1.82, 2.24) is 5.43 Å². The molecule has 0 spiro atoms. The Balaban J connectivity index is 1.55. The second-order valence-electron chi connectivity index (χ2n) is 6.34. The average Bonchev–Trinajstić information content (AvgIpc) is 2.75. The molecule has 1 amide bonds. The first kappa shape index (κ1) is 21.2. The lowest BCUT2D eigenvalue weighted by Crippen LogP contribution is -2.19. The summed E-state index contributed by atoms with van der Waals surface area (Å²) in [6.45, 7) is 0.273. The van der Waals surface area contributed by atoms with Gasteiger partial charge in [0.25, 0.3) is 0 Å². The third-order valence-electron chi connectivity index (χ3n) is 4.16. The van der Waals surface area contributed by atoms with Crippen LogP contribution < -0.4 is 10.2 Å². The van der Waals surface area contributed by atoms with Gasteiger partial charge in [0, 0.05) is 5.56 Å². The second kappa shape index (κ2) is 10.3. The summed E-state index contributed by atoms with van der Waals surface area (Å²) in [5, 5.41) is 13.1. The van der Waals surface area contributed by atoms with Crippen molar-refractivity contribution in [2.45, 2.75) is 13.0 Å². The van der Waals surface area contributed by atoms with Crippen LogP contribution >= 0.6 is 15.9 Å². The standard InChI is InChI=1S/C23H17BrFN3O2/c24-21-11-17(14-27-28-23(29)12-16-5-8-20(25)9-6-16)7-10-22(21)30-15-19-4-2-1-3-18(19)13-26/h1-11,14H,12,15H2,(H,28,29)/b27-14+. The molecule has 0 radical (unpaired) electrons. The molecule has 3 aromatic rings. The zero-order chi connectivity index (χ0) is 21.3. The molecular formula is C23H17BrFN3O2. The molecule has 0 aromatic heterocycles. The lowest BCUT2D eigenvalue weighted by Gasteiger charge is -2.10. The summed E-state index contributed by atoms with van der Waals surface area (Å²) in [6, 6.07) is 20.5. The molecule has 0 saturated carbocycles. The highest BCUT2D eigenvalue weighted by molar-refractivity contribution is 9.10. The molecule has 1 N–H and O–H groups in total. The van der Waals surface area contributed by atoms with E-state index in [1.807, 2.05) is 18.2 Å². The Bertz CT molecular complexity index is 1110. The number of nitrogens with one attached hydrogen (secondary N) is 1. The molecular weight excluding hydrogens is 449 g/mol. The number of halogens is 2. The van der Waals surface area contributed by atoms with E-state index in [1.165, 1.54) is 18.3 Å². The minimum atomic E-state index is -0.343. The Morgan fingerprint density at radius 3 is 2.67 bits per heavy atom. The van der Waals surface area contributed by atoms with E-state index in [-0.39, 0.29) is 24.8 Å². The van der Waals surface area contributed by atoms with Crippen molar-refractivity contribution < 1.29 is 13.9 Å². The average molecular weight is 466 g/mol. The lowest BCUT2D eigenvalue weighted by atomic mass is 10.1. The summed E-state index contributed by atoms with van der Waals surface area (Å²) >= 11 is 3.46. The summed E-state index contributed by atoms with van der Waals surface area (Å²) in [7, 11) is 0. The number of carbonyl (C=O) groups is 1. The number of nitriles is 1. The highest BCUT2D eigenvalue weighted by Gasteiger charge is 2.06. The summed E-state index contributed by atoms with van der Waals surface area (Å²) in [5.41, 5.74) is 5.29. The zero-order valence-corrected chi connectivity index (χ0v) is 17.4. The predicted octanol–water partition coefficient (Wildman–Crippen LogP) is 4.73. The van der Waals surface area contributed by atoms with Crippen LogP contribution in [0.15, 0.2) is 76.3 Å². The molecule has 30 heavy (non-hydrogen) atoms. The molecule has 0 aliphatic rings. The fraction of sp³-hybridized carbons (Fsp3) is 0.0870. The Labute approximate surface area is 181 Å². The summed E-state index contributed by atoms with van der Waals surface area (Å²) in [6.07, 6.45) is 1.63. The molecule has 0 bridgehead atoms. The van der Waals surface area contributed by atoms with E-state index in [0.717, 1.165) is 15.6 Å². The first-order valence-corrected chi connectivity index (χ1v) is 9.81. The largest absolute Gasteiger partial charge is 0.488 e. The van der Waals surface area contributed by atoms with Crippen molar-refractivity contribution in [1.29, 1.82) is 5.26 Å². The highest BCUT2D eigenvalue weighted by Crippen LogP contribution is 2.26. The number of carbonyl (C=O) groups excluding carboxylic acids is 1. The normalized spacial score (nSPS) is 10.6. The van der Waals surface area contributed by atoms with E-state index in [1.54, 1.807) is 36.4 Å². The van der Waals surface area contributed by atoms with Gasteiger partial charge in [0.2, 0.25) is 5.91 Å². The Hall–Kier alpha value is -3.50. The molecule has 0 aliphatic carbocycles. The third kappa shape index (κ3) is 6.00. The molecule has 0 saturated heterocycles. The number of hydrogen-bond acceptors (Lipinski definition) is 4. The molecule has 0 unspecified atom stereocenters. The van der Waals surface area contributed by atoms with Crippen molar-refractivity contribution >= 4 is 28.1 Å². The fourth-order valence-electron chi connectivity index (χ4n) is 2.63. The second-order valence-corrected chi connectivity index (χ2v) is 7.20. The maximum absolute atomic E-state index is 12.9. The van der Waals surface area contributed by atoms with Crippen LogP contribution in [0, 0.1) is 17.1 Å². The summed E-state index contributed by atoms with van der Waals surface area (Å²) in [4.78, 5) is 11.9. The van der Waals surface area contributed by atoms with E-state index < -0.39 is 0 Å². The maximum atomic E-state index is 12.9. The van der Waals surface area contributed by atoms with E-state index in [4.69, 9.17) is 10.00 Å². The SMILES string of the molecule is N#Cc1ccccc1COc1ccc(/C=N/NC(=O)Cc2ccc(F)cc2)cc1Br. The van der Waals surface area contributed by atoms with Crippen LogP contribution in [0.5, 0.6) is 5.75 Å². The first-order valence-electron chi connectivity index (χ1n) is 9.02. The van der Waals surface area contributed by atoms with Crippen LogP contribution in [-0.2, 0) is 17.8 Å². The monoisotopic (exact) mass is 465 g/mol. The number of hydrogen-bond donors (Lipinski definition) is 1. The molecule has 150 valence electrons. The van der Waals surface area contributed by atoms with Crippen LogP contribution in [0.25, 0.3) is 0 Å². The van der Waals surface area contributed by atoms with Crippen LogP contribution in [0.4, 0.5) is 4.39 Å². The van der Waals surface area contributed by atoms with Crippen molar-refractivity contribution in [3.8, 4) is 11.8 Å². The molecule has 3 aromatic carbocycles. The van der Waals surface area contributed by atoms with Crippen molar-refractivity contribution in [2.75, 3.05) is 0 Å². The van der Waals surface area contributed by atoms with Gasteiger partial charge in [-0.1, -0.05) is 30.3 Å². The van der Waals surface area contributed by atoms with E-state index in [2.05, 4.69) is 32.5 Å². The minimum Gasteiger partial charge on any atom is -0.488 e. The number of ether oxygens (including phenoxy) is 1. The van der Waals surface area contributed by atoms with Gasteiger partial charge >= 0.3 is 0 Å². The van der Waals surface area contributed by atoms with Crippen molar-refractivity contribution in [2.24, 2.45) is 5.10 Å². The number of hydrazone groups is 1. The van der Waals surface area contributed by atoms with Gasteiger partial charge in [-0.15, -0.1) is 0 Å². The van der Waals surface area contributed by atoms with Gasteiger partial charge in [0.15, 0.2) is 0 Å². The van der Waals surface area contributed by atoms with Gasteiger partial charge in [0.1, 0.15) is 18.2 Å². The number of benzene rings is 3. The maximum Gasteiger partial charge on any atom is 0.244 e. The van der Waals surface area contributed by atoms with Crippen LogP contribution in [-0.4, -0.2) is 12.1 Å². The van der Waals surface area contributed by atoms with Crippen molar-refractivity contribution in [3.63, 3.8) is 0 Å². The molecule has 0 fully saturated rings. The molecule has 0 heterocycles. The van der Waals surface area contributed by atoms with Crippen molar-refractivity contribution in [3.05, 3.63) is 99.3 Å². The Kier molecular flexibility index (Phi) is 7.30. The van der Waals surface area contributed by atoms with Gasteiger partial charge < -0.3 is 4.74 Å².